The Kier molecular flexibility index (Phi) is 5.07. The molecule has 0 aromatic heterocycles. The molecule has 0 aliphatic carbocycles. The van der Waals surface area contributed by atoms with E-state index in [2.05, 4.69) is 60.7 Å². The number of carboxylic acid groups (broad SMARTS) is 1. The quantitative estimate of drug-likeness (QED) is 0.698. The molecule has 0 fully saturated rings. The lowest BCUT2D eigenvalue weighted by Crippen LogP contribution is -1.98. The average Bonchev–Trinajstić information content (AvgIpc) is 2.62. The van der Waals surface area contributed by atoms with Gasteiger partial charge in [0.1, 0.15) is 0 Å². The molecule has 0 radical (unpaired) electrons. The highest BCUT2D eigenvalue weighted by atomic mass is 16.4. The van der Waals surface area contributed by atoms with Crippen LogP contribution in [0.15, 0.2) is 78.9 Å². The third-order valence-electron chi connectivity index (χ3n) is 4.15. The maximum atomic E-state index is 10.7. The fraction of sp³-hybridized carbons (Fsp3) is 0.136. The summed E-state index contributed by atoms with van der Waals surface area (Å²) in [6, 6.07) is 27.1. The first kappa shape index (κ1) is 16.0. The van der Waals surface area contributed by atoms with E-state index in [0.29, 0.717) is 6.42 Å². The van der Waals surface area contributed by atoms with Crippen molar-refractivity contribution in [3.63, 3.8) is 0 Å². The van der Waals surface area contributed by atoms with Crippen molar-refractivity contribution in [3.05, 3.63) is 95.6 Å². The molecule has 0 unspecified atom stereocenters. The fourth-order valence-electron chi connectivity index (χ4n) is 2.87. The number of aryl methyl sites for hydroxylation is 1. The van der Waals surface area contributed by atoms with Crippen molar-refractivity contribution in [1.82, 2.24) is 0 Å². The van der Waals surface area contributed by atoms with Crippen LogP contribution in [-0.2, 0) is 17.6 Å². The van der Waals surface area contributed by atoms with Gasteiger partial charge in [-0.25, -0.2) is 0 Å². The Labute approximate surface area is 142 Å². The highest BCUT2D eigenvalue weighted by molar-refractivity contribution is 5.68. The molecular formula is C22H20O2. The summed E-state index contributed by atoms with van der Waals surface area (Å²) in [5.74, 6) is -0.754. The maximum Gasteiger partial charge on any atom is 0.303 e. The summed E-state index contributed by atoms with van der Waals surface area (Å²) in [6.07, 6.45) is 1.62. The summed E-state index contributed by atoms with van der Waals surface area (Å²) in [7, 11) is 0. The number of carboxylic acids is 1. The number of carbonyl (C=O) groups is 1. The van der Waals surface area contributed by atoms with Gasteiger partial charge in [0, 0.05) is 6.42 Å². The van der Waals surface area contributed by atoms with Gasteiger partial charge in [-0.1, -0.05) is 78.9 Å². The van der Waals surface area contributed by atoms with E-state index in [4.69, 9.17) is 5.11 Å². The van der Waals surface area contributed by atoms with Crippen molar-refractivity contribution < 1.29 is 9.90 Å². The van der Waals surface area contributed by atoms with E-state index in [-0.39, 0.29) is 6.42 Å². The van der Waals surface area contributed by atoms with E-state index in [9.17, 15) is 4.79 Å². The van der Waals surface area contributed by atoms with Crippen LogP contribution in [0.5, 0.6) is 0 Å². The van der Waals surface area contributed by atoms with Gasteiger partial charge in [0.2, 0.25) is 0 Å². The van der Waals surface area contributed by atoms with Crippen molar-refractivity contribution in [1.29, 1.82) is 0 Å². The van der Waals surface area contributed by atoms with Crippen LogP contribution in [0.3, 0.4) is 0 Å². The molecule has 0 aliphatic rings. The third kappa shape index (κ3) is 4.11. The van der Waals surface area contributed by atoms with Gasteiger partial charge in [-0.05, 0) is 40.7 Å². The summed E-state index contributed by atoms with van der Waals surface area (Å²) >= 11 is 0. The Bertz CT molecular complexity index is 805. The number of hydrogen-bond acceptors (Lipinski definition) is 1. The highest BCUT2D eigenvalue weighted by Crippen LogP contribution is 2.25. The van der Waals surface area contributed by atoms with Gasteiger partial charge in [-0.15, -0.1) is 0 Å². The van der Waals surface area contributed by atoms with Gasteiger partial charge in [-0.3, -0.25) is 4.79 Å². The summed E-state index contributed by atoms with van der Waals surface area (Å²) in [6.45, 7) is 0. The number of hydrogen-bond donors (Lipinski definition) is 1. The molecule has 0 heterocycles. The van der Waals surface area contributed by atoms with Crippen LogP contribution >= 0.6 is 0 Å². The van der Waals surface area contributed by atoms with Gasteiger partial charge in [-0.2, -0.15) is 0 Å². The first-order chi connectivity index (χ1) is 11.7. The molecule has 120 valence electrons. The Hall–Kier alpha value is -2.87. The van der Waals surface area contributed by atoms with Gasteiger partial charge in [0.15, 0.2) is 0 Å². The minimum atomic E-state index is -0.754. The van der Waals surface area contributed by atoms with Crippen molar-refractivity contribution in [3.8, 4) is 11.1 Å². The Morgan fingerprint density at radius 3 is 2.08 bits per heavy atom. The minimum absolute atomic E-state index is 0.177. The van der Waals surface area contributed by atoms with E-state index in [1.54, 1.807) is 0 Å². The molecule has 2 nitrogen and oxygen atoms in total. The van der Waals surface area contributed by atoms with Crippen molar-refractivity contribution >= 4 is 5.97 Å². The minimum Gasteiger partial charge on any atom is -0.481 e. The normalized spacial score (nSPS) is 10.5. The van der Waals surface area contributed by atoms with E-state index in [1.807, 2.05) is 18.2 Å². The Morgan fingerprint density at radius 1 is 0.750 bits per heavy atom. The largest absolute Gasteiger partial charge is 0.481 e. The molecule has 0 amide bonds. The molecule has 3 aromatic rings. The molecule has 0 bridgehead atoms. The van der Waals surface area contributed by atoms with E-state index in [1.165, 1.54) is 22.3 Å². The molecule has 0 spiro atoms. The molecule has 1 N–H and O–H groups in total. The predicted molar refractivity (Wildman–Crippen MR) is 97.1 cm³/mol. The monoisotopic (exact) mass is 316 g/mol. The average molecular weight is 316 g/mol. The Balaban J connectivity index is 1.78. The predicted octanol–water partition coefficient (Wildman–Crippen LogP) is 4.96. The third-order valence-corrected chi connectivity index (χ3v) is 4.15. The molecule has 0 atom stereocenters. The van der Waals surface area contributed by atoms with Crippen LogP contribution in [0.25, 0.3) is 11.1 Å². The SMILES string of the molecule is O=C(O)CCc1ccc(Cc2ccccc2-c2ccccc2)cc1. The zero-order valence-electron chi connectivity index (χ0n) is 13.5. The lowest BCUT2D eigenvalue weighted by molar-refractivity contribution is -0.136. The second-order valence-corrected chi connectivity index (χ2v) is 5.91. The molecule has 0 aliphatic heterocycles. The highest BCUT2D eigenvalue weighted by Gasteiger charge is 2.06. The molecule has 3 aromatic carbocycles. The van der Waals surface area contributed by atoms with Gasteiger partial charge in [0.25, 0.3) is 0 Å². The Morgan fingerprint density at radius 2 is 1.38 bits per heavy atom. The van der Waals surface area contributed by atoms with E-state index in [0.717, 1.165) is 12.0 Å². The lowest BCUT2D eigenvalue weighted by Gasteiger charge is -2.10. The first-order valence-electron chi connectivity index (χ1n) is 8.15. The summed E-state index contributed by atoms with van der Waals surface area (Å²) in [5.41, 5.74) is 6.08. The van der Waals surface area contributed by atoms with Crippen molar-refractivity contribution in [2.75, 3.05) is 0 Å². The van der Waals surface area contributed by atoms with E-state index < -0.39 is 5.97 Å². The summed E-state index contributed by atoms with van der Waals surface area (Å²) < 4.78 is 0. The van der Waals surface area contributed by atoms with Crippen LogP contribution < -0.4 is 0 Å². The van der Waals surface area contributed by atoms with Gasteiger partial charge in [0.05, 0.1) is 0 Å². The topological polar surface area (TPSA) is 37.3 Å². The number of benzene rings is 3. The molecule has 24 heavy (non-hydrogen) atoms. The standard InChI is InChI=1S/C22H20O2/c23-22(24)15-14-17-10-12-18(13-11-17)16-20-8-4-5-9-21(20)19-6-2-1-3-7-19/h1-13H,14-16H2,(H,23,24). The molecule has 0 saturated carbocycles. The zero-order chi connectivity index (χ0) is 16.8. The van der Waals surface area contributed by atoms with Crippen LogP contribution in [0.4, 0.5) is 0 Å². The van der Waals surface area contributed by atoms with Crippen molar-refractivity contribution in [2.24, 2.45) is 0 Å². The lowest BCUT2D eigenvalue weighted by atomic mass is 9.94. The van der Waals surface area contributed by atoms with Crippen LogP contribution in [0, 0.1) is 0 Å². The summed E-state index contributed by atoms with van der Waals surface area (Å²) in [5, 5.41) is 8.76. The molecule has 2 heteroatoms. The van der Waals surface area contributed by atoms with Gasteiger partial charge < -0.3 is 5.11 Å². The molecule has 0 saturated heterocycles. The zero-order valence-corrected chi connectivity index (χ0v) is 13.5. The second kappa shape index (κ2) is 7.60. The van der Waals surface area contributed by atoms with Crippen LogP contribution in [0.1, 0.15) is 23.1 Å². The first-order valence-corrected chi connectivity index (χ1v) is 8.15. The van der Waals surface area contributed by atoms with Crippen molar-refractivity contribution in [2.45, 2.75) is 19.3 Å². The molecular weight excluding hydrogens is 296 g/mol. The summed E-state index contributed by atoms with van der Waals surface area (Å²) in [4.78, 5) is 10.7. The number of aliphatic carboxylic acids is 1. The maximum absolute atomic E-state index is 10.7. The van der Waals surface area contributed by atoms with Crippen LogP contribution in [0.2, 0.25) is 0 Å². The van der Waals surface area contributed by atoms with Gasteiger partial charge >= 0.3 is 5.97 Å². The van der Waals surface area contributed by atoms with Crippen LogP contribution in [-0.4, -0.2) is 11.1 Å². The smallest absolute Gasteiger partial charge is 0.303 e. The fourth-order valence-corrected chi connectivity index (χ4v) is 2.87. The second-order valence-electron chi connectivity index (χ2n) is 5.91. The van der Waals surface area contributed by atoms with E-state index >= 15 is 0 Å². The molecule has 3 rings (SSSR count). The number of rotatable bonds is 6.